The van der Waals surface area contributed by atoms with Crippen LogP contribution in [0.3, 0.4) is 0 Å². The van der Waals surface area contributed by atoms with Gasteiger partial charge in [-0.3, -0.25) is 4.90 Å². The van der Waals surface area contributed by atoms with Gasteiger partial charge >= 0.3 is 0 Å². The molecule has 2 fully saturated rings. The van der Waals surface area contributed by atoms with Gasteiger partial charge in [-0.15, -0.1) is 0 Å². The molecule has 94 valence electrons. The molecular weight excluding hydrogens is 200 g/mol. The van der Waals surface area contributed by atoms with Crippen molar-refractivity contribution in [3.63, 3.8) is 0 Å². The van der Waals surface area contributed by atoms with Crippen LogP contribution >= 0.6 is 0 Å². The van der Waals surface area contributed by atoms with Crippen LogP contribution in [0.4, 0.5) is 0 Å². The van der Waals surface area contributed by atoms with Crippen LogP contribution in [0.25, 0.3) is 0 Å². The molecule has 2 heterocycles. The minimum atomic E-state index is 0.333. The maximum absolute atomic E-state index is 8.94. The molecule has 0 aliphatic carbocycles. The first-order valence-corrected chi connectivity index (χ1v) is 6.89. The van der Waals surface area contributed by atoms with Crippen LogP contribution in [-0.4, -0.2) is 48.3 Å². The third kappa shape index (κ3) is 2.96. The van der Waals surface area contributed by atoms with Gasteiger partial charge in [0.15, 0.2) is 0 Å². The molecule has 0 aromatic carbocycles. The lowest BCUT2D eigenvalue weighted by atomic mass is 10.0. The first-order valence-electron chi connectivity index (χ1n) is 6.89. The van der Waals surface area contributed by atoms with E-state index >= 15 is 0 Å². The standard InChI is InChI=1S/C13H26N2O/c1-11(10-16)4-2-7-14-12-6-9-15-8-3-5-13(12)15/h11-14,16H,2-10H2,1H3. The van der Waals surface area contributed by atoms with Crippen molar-refractivity contribution in [2.24, 2.45) is 5.92 Å². The van der Waals surface area contributed by atoms with Crippen molar-refractivity contribution < 1.29 is 5.11 Å². The lowest BCUT2D eigenvalue weighted by Crippen LogP contribution is -2.39. The SMILES string of the molecule is CC(CO)CCCNC1CCN2CCCC12. The summed E-state index contributed by atoms with van der Waals surface area (Å²) in [6, 6.07) is 1.57. The predicted octanol–water partition coefficient (Wildman–Crippen LogP) is 1.22. The number of nitrogens with zero attached hydrogens (tertiary/aromatic N) is 1. The summed E-state index contributed by atoms with van der Waals surface area (Å²) in [4.78, 5) is 2.65. The smallest absolute Gasteiger partial charge is 0.0456 e. The summed E-state index contributed by atoms with van der Waals surface area (Å²) in [6.07, 6.45) is 6.46. The van der Waals surface area contributed by atoms with Crippen molar-refractivity contribution in [1.29, 1.82) is 0 Å². The molecule has 2 N–H and O–H groups in total. The number of fused-ring (bicyclic) bond motifs is 1. The Morgan fingerprint density at radius 3 is 3.06 bits per heavy atom. The van der Waals surface area contributed by atoms with Crippen LogP contribution in [0, 0.1) is 5.92 Å². The molecule has 2 saturated heterocycles. The maximum atomic E-state index is 8.94. The summed E-state index contributed by atoms with van der Waals surface area (Å²) in [7, 11) is 0. The van der Waals surface area contributed by atoms with E-state index in [0.29, 0.717) is 12.5 Å². The highest BCUT2D eigenvalue weighted by molar-refractivity contribution is 4.95. The van der Waals surface area contributed by atoms with Gasteiger partial charge in [-0.25, -0.2) is 0 Å². The Hall–Kier alpha value is -0.120. The van der Waals surface area contributed by atoms with Crippen LogP contribution in [0.2, 0.25) is 0 Å². The van der Waals surface area contributed by atoms with Gasteiger partial charge < -0.3 is 10.4 Å². The molecule has 3 nitrogen and oxygen atoms in total. The van der Waals surface area contributed by atoms with Gasteiger partial charge in [0.05, 0.1) is 0 Å². The molecule has 2 aliphatic heterocycles. The minimum Gasteiger partial charge on any atom is -0.396 e. The van der Waals surface area contributed by atoms with Crippen LogP contribution in [0.5, 0.6) is 0 Å². The molecule has 16 heavy (non-hydrogen) atoms. The van der Waals surface area contributed by atoms with Crippen LogP contribution in [0.1, 0.15) is 39.0 Å². The summed E-state index contributed by atoms with van der Waals surface area (Å²) >= 11 is 0. The number of hydrogen-bond acceptors (Lipinski definition) is 3. The third-order valence-corrected chi connectivity index (χ3v) is 4.20. The molecule has 0 aromatic heterocycles. The zero-order chi connectivity index (χ0) is 11.4. The highest BCUT2D eigenvalue weighted by atomic mass is 16.3. The Balaban J connectivity index is 1.59. The molecule has 0 radical (unpaired) electrons. The molecule has 0 aromatic rings. The van der Waals surface area contributed by atoms with Crippen molar-refractivity contribution in [3.8, 4) is 0 Å². The highest BCUT2D eigenvalue weighted by Gasteiger charge is 2.36. The molecule has 0 amide bonds. The Morgan fingerprint density at radius 2 is 2.25 bits per heavy atom. The molecule has 0 spiro atoms. The van der Waals surface area contributed by atoms with Crippen molar-refractivity contribution in [2.75, 3.05) is 26.2 Å². The van der Waals surface area contributed by atoms with Crippen molar-refractivity contribution in [1.82, 2.24) is 10.2 Å². The number of aliphatic hydroxyl groups excluding tert-OH is 1. The zero-order valence-electron chi connectivity index (χ0n) is 10.5. The topological polar surface area (TPSA) is 35.5 Å². The largest absolute Gasteiger partial charge is 0.396 e. The Kier molecular flexibility index (Phi) is 4.62. The van der Waals surface area contributed by atoms with Gasteiger partial charge in [-0.2, -0.15) is 0 Å². The summed E-state index contributed by atoms with van der Waals surface area (Å²) in [6.45, 7) is 6.20. The molecule has 0 bridgehead atoms. The molecular formula is C13H26N2O. The van der Waals surface area contributed by atoms with Gasteiger partial charge in [0.2, 0.25) is 0 Å². The molecule has 3 atom stereocenters. The van der Waals surface area contributed by atoms with E-state index in [9.17, 15) is 0 Å². The van der Waals surface area contributed by atoms with E-state index in [2.05, 4.69) is 17.1 Å². The van der Waals surface area contributed by atoms with Gasteiger partial charge in [-0.1, -0.05) is 6.92 Å². The summed E-state index contributed by atoms with van der Waals surface area (Å²) in [5, 5.41) is 12.7. The molecule has 2 rings (SSSR count). The average molecular weight is 226 g/mol. The Labute approximate surface area is 99.2 Å². The van der Waals surface area contributed by atoms with Crippen LogP contribution in [-0.2, 0) is 0 Å². The monoisotopic (exact) mass is 226 g/mol. The zero-order valence-corrected chi connectivity index (χ0v) is 10.5. The van der Waals surface area contributed by atoms with E-state index in [1.54, 1.807) is 0 Å². The molecule has 3 heteroatoms. The van der Waals surface area contributed by atoms with Crippen molar-refractivity contribution in [3.05, 3.63) is 0 Å². The second kappa shape index (κ2) is 5.99. The van der Waals surface area contributed by atoms with Gasteiger partial charge in [0.1, 0.15) is 0 Å². The number of aliphatic hydroxyl groups is 1. The quantitative estimate of drug-likeness (QED) is 0.669. The number of nitrogens with one attached hydrogen (secondary N) is 1. The van der Waals surface area contributed by atoms with E-state index < -0.39 is 0 Å². The number of hydrogen-bond donors (Lipinski definition) is 2. The fraction of sp³-hybridized carbons (Fsp3) is 1.00. The van der Waals surface area contributed by atoms with E-state index in [0.717, 1.165) is 25.0 Å². The minimum absolute atomic E-state index is 0.333. The van der Waals surface area contributed by atoms with Gasteiger partial charge in [0, 0.05) is 25.2 Å². The second-order valence-electron chi connectivity index (χ2n) is 5.52. The van der Waals surface area contributed by atoms with Gasteiger partial charge in [0.25, 0.3) is 0 Å². The maximum Gasteiger partial charge on any atom is 0.0456 e. The predicted molar refractivity (Wildman–Crippen MR) is 66.5 cm³/mol. The molecule has 2 aliphatic rings. The molecule has 0 saturated carbocycles. The number of rotatable bonds is 6. The lowest BCUT2D eigenvalue weighted by molar-refractivity contribution is 0.227. The third-order valence-electron chi connectivity index (χ3n) is 4.20. The van der Waals surface area contributed by atoms with Crippen molar-refractivity contribution >= 4 is 0 Å². The fourth-order valence-corrected chi connectivity index (χ4v) is 3.15. The van der Waals surface area contributed by atoms with E-state index in [1.165, 1.54) is 38.8 Å². The van der Waals surface area contributed by atoms with Crippen LogP contribution in [0.15, 0.2) is 0 Å². The lowest BCUT2D eigenvalue weighted by Gasteiger charge is -2.21. The Morgan fingerprint density at radius 1 is 1.38 bits per heavy atom. The van der Waals surface area contributed by atoms with E-state index in [1.807, 2.05) is 0 Å². The fourth-order valence-electron chi connectivity index (χ4n) is 3.15. The van der Waals surface area contributed by atoms with Crippen LogP contribution < -0.4 is 5.32 Å². The summed E-state index contributed by atoms with van der Waals surface area (Å²) in [5.74, 6) is 0.466. The summed E-state index contributed by atoms with van der Waals surface area (Å²) < 4.78 is 0. The second-order valence-corrected chi connectivity index (χ2v) is 5.52. The average Bonchev–Trinajstić information content (AvgIpc) is 2.87. The van der Waals surface area contributed by atoms with E-state index in [-0.39, 0.29) is 0 Å². The Bertz CT molecular complexity index is 210. The first kappa shape index (κ1) is 12.3. The first-order chi connectivity index (χ1) is 7.81. The van der Waals surface area contributed by atoms with Gasteiger partial charge in [-0.05, 0) is 51.1 Å². The van der Waals surface area contributed by atoms with Crippen molar-refractivity contribution in [2.45, 2.75) is 51.1 Å². The highest BCUT2D eigenvalue weighted by Crippen LogP contribution is 2.27. The normalized spacial score (nSPS) is 31.9. The van der Waals surface area contributed by atoms with E-state index in [4.69, 9.17) is 5.11 Å². The molecule has 3 unspecified atom stereocenters. The summed E-state index contributed by atoms with van der Waals surface area (Å²) in [5.41, 5.74) is 0.